The molecule has 1 heterocycles. The van der Waals surface area contributed by atoms with Gasteiger partial charge in [-0.15, -0.1) is 12.6 Å². The van der Waals surface area contributed by atoms with Gasteiger partial charge in [0.1, 0.15) is 29.9 Å². The second-order valence-corrected chi connectivity index (χ2v) is 3.23. The minimum atomic E-state index is -1.32. The molecule has 0 aromatic carbocycles. The predicted octanol–water partition coefficient (Wildman–Crippen LogP) is -3.58. The van der Waals surface area contributed by atoms with E-state index in [9.17, 15) is 10.2 Å². The van der Waals surface area contributed by atoms with Crippen molar-refractivity contribution in [3.05, 3.63) is 0 Å². The standard InChI is InChI=1S/C6H12O5S.2Na.2H/c7-1-2-3(8)4(9)5(10)6(12)11-2;;;;/h2-10,12H,1H2;;;;/t2-,3-,4+,5-,6+;;;;/m1..../s1. The van der Waals surface area contributed by atoms with Crippen LogP contribution in [0.25, 0.3) is 0 Å². The maximum atomic E-state index is 9.20. The topological polar surface area (TPSA) is 90.2 Å². The molecule has 0 spiro atoms. The van der Waals surface area contributed by atoms with Crippen LogP contribution in [0, 0.1) is 0 Å². The van der Waals surface area contributed by atoms with Gasteiger partial charge in [0.15, 0.2) is 0 Å². The predicted molar refractivity (Wildman–Crippen MR) is 57.1 cm³/mol. The number of hydrogen-bond donors (Lipinski definition) is 5. The first-order valence-electron chi connectivity index (χ1n) is 3.56. The van der Waals surface area contributed by atoms with Gasteiger partial charge in [-0.25, -0.2) is 0 Å². The Labute approximate surface area is 132 Å². The summed E-state index contributed by atoms with van der Waals surface area (Å²) >= 11 is 3.81. The molecule has 14 heavy (non-hydrogen) atoms. The molecule has 0 aliphatic carbocycles. The van der Waals surface area contributed by atoms with Crippen molar-refractivity contribution in [2.75, 3.05) is 6.61 Å². The second kappa shape index (κ2) is 8.27. The summed E-state index contributed by atoms with van der Waals surface area (Å²) in [6.45, 7) is -0.415. The van der Waals surface area contributed by atoms with Crippen LogP contribution < -0.4 is 0 Å². The summed E-state index contributed by atoms with van der Waals surface area (Å²) < 4.78 is 4.88. The van der Waals surface area contributed by atoms with E-state index in [0.29, 0.717) is 0 Å². The van der Waals surface area contributed by atoms with Crippen LogP contribution in [0.2, 0.25) is 0 Å². The molecule has 0 aromatic heterocycles. The van der Waals surface area contributed by atoms with E-state index in [1.807, 2.05) is 0 Å². The van der Waals surface area contributed by atoms with Crippen molar-refractivity contribution in [2.24, 2.45) is 0 Å². The van der Waals surface area contributed by atoms with E-state index in [4.69, 9.17) is 14.9 Å². The number of ether oxygens (including phenoxy) is 1. The average Bonchev–Trinajstić information content (AvgIpc) is 2.08. The van der Waals surface area contributed by atoms with E-state index in [-0.39, 0.29) is 59.1 Å². The van der Waals surface area contributed by atoms with Gasteiger partial charge in [-0.3, -0.25) is 0 Å². The molecule has 1 saturated heterocycles. The minimum absolute atomic E-state index is 0. The monoisotopic (exact) mass is 244 g/mol. The molecule has 1 fully saturated rings. The summed E-state index contributed by atoms with van der Waals surface area (Å²) in [6, 6.07) is 0. The van der Waals surface area contributed by atoms with Gasteiger partial charge >= 0.3 is 59.1 Å². The zero-order chi connectivity index (χ0) is 9.30. The number of aliphatic hydroxyl groups is 4. The number of aliphatic hydroxyl groups excluding tert-OH is 4. The van der Waals surface area contributed by atoms with Gasteiger partial charge in [-0.2, -0.15) is 0 Å². The molecule has 8 heteroatoms. The molecule has 0 radical (unpaired) electrons. The Morgan fingerprint density at radius 3 is 1.93 bits per heavy atom. The van der Waals surface area contributed by atoms with Crippen molar-refractivity contribution in [2.45, 2.75) is 29.9 Å². The van der Waals surface area contributed by atoms with E-state index in [1.54, 1.807) is 0 Å². The van der Waals surface area contributed by atoms with Crippen LogP contribution in [0.4, 0.5) is 0 Å². The van der Waals surface area contributed by atoms with Gasteiger partial charge in [0.2, 0.25) is 0 Å². The fraction of sp³-hybridized carbons (Fsp3) is 1.00. The number of thiol groups is 1. The van der Waals surface area contributed by atoms with Crippen LogP contribution in [0.1, 0.15) is 0 Å². The average molecular weight is 244 g/mol. The molecular formula is C6H14Na2O5S. The van der Waals surface area contributed by atoms with Crippen molar-refractivity contribution < 1.29 is 25.2 Å². The summed E-state index contributed by atoms with van der Waals surface area (Å²) in [5, 5.41) is 36.2. The first-order chi connectivity index (χ1) is 5.57. The fourth-order valence-electron chi connectivity index (χ4n) is 1.08. The summed E-state index contributed by atoms with van der Waals surface area (Å²) in [5.74, 6) is 0. The Bertz CT molecular complexity index is 158. The third-order valence-electron chi connectivity index (χ3n) is 1.87. The molecule has 0 amide bonds. The van der Waals surface area contributed by atoms with Crippen LogP contribution in [-0.2, 0) is 4.74 Å². The molecular weight excluding hydrogens is 230 g/mol. The number of rotatable bonds is 1. The van der Waals surface area contributed by atoms with E-state index >= 15 is 0 Å². The molecule has 0 bridgehead atoms. The van der Waals surface area contributed by atoms with Gasteiger partial charge in [-0.05, 0) is 0 Å². The summed E-state index contributed by atoms with van der Waals surface area (Å²) in [4.78, 5) is 0. The maximum absolute atomic E-state index is 9.20. The van der Waals surface area contributed by atoms with Crippen LogP contribution in [-0.4, -0.2) is 116 Å². The second-order valence-electron chi connectivity index (χ2n) is 2.72. The molecule has 5 nitrogen and oxygen atoms in total. The normalized spacial score (nSPS) is 42.2. The van der Waals surface area contributed by atoms with Crippen molar-refractivity contribution >= 4 is 71.7 Å². The Balaban J connectivity index is 0. The molecule has 5 atom stereocenters. The van der Waals surface area contributed by atoms with Crippen LogP contribution in [0.15, 0.2) is 0 Å². The van der Waals surface area contributed by atoms with E-state index in [1.165, 1.54) is 0 Å². The van der Waals surface area contributed by atoms with E-state index < -0.39 is 36.5 Å². The first kappa shape index (κ1) is 18.5. The van der Waals surface area contributed by atoms with Crippen LogP contribution >= 0.6 is 12.6 Å². The van der Waals surface area contributed by atoms with Crippen molar-refractivity contribution in [3.8, 4) is 0 Å². The third kappa shape index (κ3) is 4.20. The fourth-order valence-corrected chi connectivity index (χ4v) is 1.41. The zero-order valence-corrected chi connectivity index (χ0v) is 7.13. The zero-order valence-electron chi connectivity index (χ0n) is 6.24. The Hall–Kier alpha value is 2.15. The first-order valence-corrected chi connectivity index (χ1v) is 4.08. The van der Waals surface area contributed by atoms with E-state index in [2.05, 4.69) is 12.6 Å². The summed E-state index contributed by atoms with van der Waals surface area (Å²) in [6.07, 6.45) is -4.70. The van der Waals surface area contributed by atoms with Gasteiger partial charge in [0.25, 0.3) is 0 Å². The summed E-state index contributed by atoms with van der Waals surface area (Å²) in [7, 11) is 0. The quantitative estimate of drug-likeness (QED) is 0.243. The van der Waals surface area contributed by atoms with Crippen LogP contribution in [0.5, 0.6) is 0 Å². The molecule has 1 aliphatic heterocycles. The van der Waals surface area contributed by atoms with E-state index in [0.717, 1.165) is 0 Å². The van der Waals surface area contributed by atoms with Gasteiger partial charge < -0.3 is 25.2 Å². The molecule has 4 N–H and O–H groups in total. The SMILES string of the molecule is OC[C@H]1O[C@@H](S)[C@H](O)[C@@H](O)[C@@H]1O.[NaH].[NaH]. The van der Waals surface area contributed by atoms with Gasteiger partial charge in [-0.1, -0.05) is 0 Å². The molecule has 76 valence electrons. The molecule has 1 aliphatic rings. The van der Waals surface area contributed by atoms with Gasteiger partial charge in [0, 0.05) is 0 Å². The molecule has 0 aromatic rings. The van der Waals surface area contributed by atoms with Crippen molar-refractivity contribution in [3.63, 3.8) is 0 Å². The van der Waals surface area contributed by atoms with Crippen molar-refractivity contribution in [1.82, 2.24) is 0 Å². The van der Waals surface area contributed by atoms with Gasteiger partial charge in [0.05, 0.1) is 6.61 Å². The molecule has 0 saturated carbocycles. The molecule has 0 unspecified atom stereocenters. The Morgan fingerprint density at radius 2 is 1.50 bits per heavy atom. The Kier molecular flexibility index (Phi) is 10.9. The summed E-state index contributed by atoms with van der Waals surface area (Å²) in [5.41, 5.74) is -0.874. The van der Waals surface area contributed by atoms with Crippen molar-refractivity contribution in [1.29, 1.82) is 0 Å². The Morgan fingerprint density at radius 1 is 1.00 bits per heavy atom. The third-order valence-corrected chi connectivity index (χ3v) is 2.29. The number of hydrogen-bond acceptors (Lipinski definition) is 6. The molecule has 1 rings (SSSR count). The van der Waals surface area contributed by atoms with Crippen LogP contribution in [0.3, 0.4) is 0 Å².